The Hall–Kier alpha value is -3.32. The van der Waals surface area contributed by atoms with E-state index in [-0.39, 0.29) is 30.6 Å². The van der Waals surface area contributed by atoms with Crippen molar-refractivity contribution >= 4 is 23.1 Å². The van der Waals surface area contributed by atoms with Gasteiger partial charge in [0.05, 0.1) is 30.9 Å². The molecule has 7 heteroatoms. The molecule has 1 aliphatic rings. The number of likely N-dealkylation sites (tertiary alicyclic amines) is 1. The largest absolute Gasteiger partial charge is 0.507 e. The van der Waals surface area contributed by atoms with Gasteiger partial charge in [-0.2, -0.15) is 0 Å². The van der Waals surface area contributed by atoms with Gasteiger partial charge in [0.1, 0.15) is 11.5 Å². The molecule has 1 heterocycles. The Morgan fingerprint density at radius 3 is 2.41 bits per heavy atom. The lowest BCUT2D eigenvalue weighted by atomic mass is 9.95. The third kappa shape index (κ3) is 5.59. The fourth-order valence-corrected chi connectivity index (χ4v) is 3.91. The quantitative estimate of drug-likeness (QED) is 0.318. The second-order valence-corrected chi connectivity index (χ2v) is 8.77. The minimum absolute atomic E-state index is 0.000470. The van der Waals surface area contributed by atoms with E-state index in [2.05, 4.69) is 0 Å². The van der Waals surface area contributed by atoms with Crippen LogP contribution in [0, 0.1) is 0 Å². The minimum Gasteiger partial charge on any atom is -0.507 e. The molecule has 1 atom stereocenters. The Balaban J connectivity index is 2.06. The Morgan fingerprint density at radius 2 is 1.79 bits per heavy atom. The molecule has 0 radical (unpaired) electrons. The highest BCUT2D eigenvalue weighted by Crippen LogP contribution is 2.40. The number of aliphatic hydroxyl groups excluding tert-OH is 1. The second-order valence-electron chi connectivity index (χ2n) is 8.77. The number of amides is 1. The number of ketones is 1. The van der Waals surface area contributed by atoms with E-state index < -0.39 is 17.7 Å². The van der Waals surface area contributed by atoms with Gasteiger partial charge in [-0.05, 0) is 50.1 Å². The summed E-state index contributed by atoms with van der Waals surface area (Å²) in [5.41, 5.74) is 2.23. The van der Waals surface area contributed by atoms with Gasteiger partial charge in [0.25, 0.3) is 11.7 Å². The van der Waals surface area contributed by atoms with Gasteiger partial charge in [-0.3, -0.25) is 9.59 Å². The summed E-state index contributed by atoms with van der Waals surface area (Å²) in [5, 5.41) is 11.2. The van der Waals surface area contributed by atoms with Crippen LogP contribution in [0.1, 0.15) is 44.4 Å². The third-order valence-corrected chi connectivity index (χ3v) is 5.63. The summed E-state index contributed by atoms with van der Waals surface area (Å²) in [6.45, 7) is 6.91. The Bertz CT molecular complexity index is 1040. The lowest BCUT2D eigenvalue weighted by Crippen LogP contribution is -2.33. The summed E-state index contributed by atoms with van der Waals surface area (Å²) >= 11 is 0. The molecule has 3 rings (SSSR count). The van der Waals surface area contributed by atoms with Gasteiger partial charge in [0.15, 0.2) is 0 Å². The van der Waals surface area contributed by atoms with Crippen LogP contribution < -0.4 is 9.64 Å². The fraction of sp³-hybridized carbons (Fsp3) is 0.407. The van der Waals surface area contributed by atoms with Gasteiger partial charge in [0, 0.05) is 31.9 Å². The van der Waals surface area contributed by atoms with E-state index in [1.54, 1.807) is 24.3 Å². The van der Waals surface area contributed by atoms with E-state index >= 15 is 0 Å². The zero-order chi connectivity index (χ0) is 24.8. The number of Topliss-reactive ketones (excluding diaryl/α,β-unsaturated/α-hetero) is 1. The highest BCUT2D eigenvalue weighted by Gasteiger charge is 2.45. The number of ether oxygens (including phenoxy) is 2. The van der Waals surface area contributed by atoms with Crippen molar-refractivity contribution in [3.8, 4) is 5.75 Å². The zero-order valence-electron chi connectivity index (χ0n) is 20.6. The van der Waals surface area contributed by atoms with Crippen molar-refractivity contribution in [1.29, 1.82) is 0 Å². The minimum atomic E-state index is -0.716. The molecule has 1 saturated heterocycles. The van der Waals surface area contributed by atoms with Crippen molar-refractivity contribution in [1.82, 2.24) is 4.90 Å². The van der Waals surface area contributed by atoms with Crippen LogP contribution in [-0.4, -0.2) is 61.7 Å². The second kappa shape index (κ2) is 11.2. The van der Waals surface area contributed by atoms with Crippen LogP contribution in [0.4, 0.5) is 5.69 Å². The topological polar surface area (TPSA) is 79.3 Å². The standard InChI is InChI=1S/C27H34N2O5/c1-6-15-34-22-9-7-8-20(17-22)25(30)23-24(19-10-12-21(13-11-19)28(4)5)29(27(32)26(23)31)14-16-33-18(2)3/h7-13,17-18,24,30H,6,14-16H2,1-5H3/b25-23-. The van der Waals surface area contributed by atoms with Crippen LogP contribution in [0.2, 0.25) is 0 Å². The van der Waals surface area contributed by atoms with Crippen molar-refractivity contribution in [2.45, 2.75) is 39.3 Å². The summed E-state index contributed by atoms with van der Waals surface area (Å²) in [7, 11) is 3.88. The molecular formula is C27H34N2O5. The van der Waals surface area contributed by atoms with Crippen LogP contribution in [-0.2, 0) is 14.3 Å². The van der Waals surface area contributed by atoms with E-state index in [4.69, 9.17) is 9.47 Å². The predicted molar refractivity (Wildman–Crippen MR) is 133 cm³/mol. The Morgan fingerprint density at radius 1 is 1.09 bits per heavy atom. The first kappa shape index (κ1) is 25.3. The van der Waals surface area contributed by atoms with Crippen LogP contribution in [0.5, 0.6) is 5.75 Å². The SMILES string of the molecule is CCCOc1cccc(/C(O)=C2/C(=O)C(=O)N(CCOC(C)C)C2c2ccc(N(C)C)cc2)c1. The molecule has 0 bridgehead atoms. The number of carbonyl (C=O) groups excluding carboxylic acids is 2. The van der Waals surface area contributed by atoms with E-state index in [1.165, 1.54) is 4.90 Å². The summed E-state index contributed by atoms with van der Waals surface area (Å²) in [6, 6.07) is 13.9. The zero-order valence-corrected chi connectivity index (χ0v) is 20.6. The fourth-order valence-electron chi connectivity index (χ4n) is 3.91. The Labute approximate surface area is 201 Å². The number of carbonyl (C=O) groups is 2. The van der Waals surface area contributed by atoms with Crippen molar-refractivity contribution in [3.63, 3.8) is 0 Å². The van der Waals surface area contributed by atoms with Crippen molar-refractivity contribution in [2.24, 2.45) is 0 Å². The molecule has 0 spiro atoms. The van der Waals surface area contributed by atoms with Gasteiger partial charge in [0.2, 0.25) is 0 Å². The number of rotatable bonds is 10. The maximum absolute atomic E-state index is 13.2. The maximum Gasteiger partial charge on any atom is 0.295 e. The average Bonchev–Trinajstić information content (AvgIpc) is 3.07. The van der Waals surface area contributed by atoms with Crippen molar-refractivity contribution in [2.75, 3.05) is 38.8 Å². The molecule has 34 heavy (non-hydrogen) atoms. The van der Waals surface area contributed by atoms with Gasteiger partial charge in [-0.25, -0.2) is 0 Å². The number of hydrogen-bond donors (Lipinski definition) is 1. The first-order valence-electron chi connectivity index (χ1n) is 11.6. The lowest BCUT2D eigenvalue weighted by Gasteiger charge is -2.26. The predicted octanol–water partition coefficient (Wildman–Crippen LogP) is 4.39. The summed E-state index contributed by atoms with van der Waals surface area (Å²) < 4.78 is 11.3. The number of anilines is 1. The van der Waals surface area contributed by atoms with E-state index in [0.717, 1.165) is 17.7 Å². The first-order valence-corrected chi connectivity index (χ1v) is 11.6. The van der Waals surface area contributed by atoms with Gasteiger partial charge >= 0.3 is 0 Å². The number of aliphatic hydroxyl groups is 1. The normalized spacial score (nSPS) is 17.5. The first-order chi connectivity index (χ1) is 16.2. The smallest absolute Gasteiger partial charge is 0.295 e. The highest BCUT2D eigenvalue weighted by atomic mass is 16.5. The third-order valence-electron chi connectivity index (χ3n) is 5.63. The monoisotopic (exact) mass is 466 g/mol. The molecule has 0 aliphatic carbocycles. The highest BCUT2D eigenvalue weighted by molar-refractivity contribution is 6.46. The number of benzene rings is 2. The average molecular weight is 467 g/mol. The molecule has 182 valence electrons. The summed E-state index contributed by atoms with van der Waals surface area (Å²) in [5.74, 6) is -0.968. The lowest BCUT2D eigenvalue weighted by molar-refractivity contribution is -0.140. The van der Waals surface area contributed by atoms with Gasteiger partial charge in [-0.1, -0.05) is 31.2 Å². The van der Waals surface area contributed by atoms with Gasteiger partial charge in [-0.15, -0.1) is 0 Å². The summed E-state index contributed by atoms with van der Waals surface area (Å²) in [4.78, 5) is 29.6. The molecule has 7 nitrogen and oxygen atoms in total. The molecule has 0 aromatic heterocycles. The van der Waals surface area contributed by atoms with Gasteiger partial charge < -0.3 is 24.4 Å². The number of nitrogens with zero attached hydrogens (tertiary/aromatic N) is 2. The van der Waals surface area contributed by atoms with Crippen LogP contribution >= 0.6 is 0 Å². The Kier molecular flexibility index (Phi) is 8.34. The maximum atomic E-state index is 13.2. The molecular weight excluding hydrogens is 432 g/mol. The van der Waals surface area contributed by atoms with Crippen molar-refractivity contribution in [3.05, 3.63) is 65.2 Å². The molecule has 0 saturated carbocycles. The van der Waals surface area contributed by atoms with Crippen LogP contribution in [0.3, 0.4) is 0 Å². The van der Waals surface area contributed by atoms with E-state index in [0.29, 0.717) is 17.9 Å². The molecule has 2 aromatic carbocycles. The molecule has 1 aliphatic heterocycles. The molecule has 1 N–H and O–H groups in total. The van der Waals surface area contributed by atoms with E-state index in [9.17, 15) is 14.7 Å². The number of hydrogen-bond acceptors (Lipinski definition) is 6. The summed E-state index contributed by atoms with van der Waals surface area (Å²) in [6.07, 6.45) is 0.850. The molecule has 2 aromatic rings. The molecule has 1 unspecified atom stereocenters. The van der Waals surface area contributed by atoms with Crippen molar-refractivity contribution < 1.29 is 24.2 Å². The van der Waals surface area contributed by atoms with Crippen LogP contribution in [0.15, 0.2) is 54.1 Å². The molecule has 1 fully saturated rings. The molecule has 1 amide bonds. The van der Waals surface area contributed by atoms with E-state index in [1.807, 2.05) is 64.0 Å². The van der Waals surface area contributed by atoms with Crippen LogP contribution in [0.25, 0.3) is 5.76 Å².